The van der Waals surface area contributed by atoms with Crippen molar-refractivity contribution in [2.24, 2.45) is 0 Å². The second-order valence-electron chi connectivity index (χ2n) is 3.37. The van der Waals surface area contributed by atoms with Crippen LogP contribution in [0.3, 0.4) is 0 Å². The molecule has 0 aliphatic heterocycles. The van der Waals surface area contributed by atoms with Gasteiger partial charge in [-0.3, -0.25) is 4.79 Å². The van der Waals surface area contributed by atoms with Crippen LogP contribution in [-0.4, -0.2) is 12.5 Å². The molecule has 1 amide bonds. The van der Waals surface area contributed by atoms with Crippen molar-refractivity contribution in [1.29, 1.82) is 0 Å². The maximum atomic E-state index is 11.4. The average molecular weight is 270 g/mol. The van der Waals surface area contributed by atoms with E-state index in [1.165, 1.54) is 6.08 Å². The lowest BCUT2D eigenvalue weighted by atomic mass is 10.2. The van der Waals surface area contributed by atoms with Crippen molar-refractivity contribution in [2.75, 3.05) is 6.54 Å². The van der Waals surface area contributed by atoms with Gasteiger partial charge in [-0.15, -0.1) is 6.58 Å². The fourth-order valence-electron chi connectivity index (χ4n) is 1.16. The van der Waals surface area contributed by atoms with Gasteiger partial charge in [0.1, 0.15) is 0 Å². The summed E-state index contributed by atoms with van der Waals surface area (Å²) in [6.07, 6.45) is 5.56. The highest BCUT2D eigenvalue weighted by atomic mass is 35.5. The number of amides is 1. The molecule has 0 aliphatic rings. The number of carbonyl (C=O) groups excluding carboxylic acids is 1. The maximum Gasteiger partial charge on any atom is 0.244 e. The van der Waals surface area contributed by atoms with Gasteiger partial charge in [0.2, 0.25) is 5.91 Å². The Morgan fingerprint density at radius 1 is 1.41 bits per heavy atom. The SMILES string of the molecule is C=CCCNC(=O)/C=C/c1cc(Cl)ccc1Cl. The summed E-state index contributed by atoms with van der Waals surface area (Å²) in [4.78, 5) is 11.4. The van der Waals surface area contributed by atoms with Crippen LogP contribution in [0.25, 0.3) is 6.08 Å². The monoisotopic (exact) mass is 269 g/mol. The van der Waals surface area contributed by atoms with Gasteiger partial charge in [-0.05, 0) is 36.3 Å². The van der Waals surface area contributed by atoms with Gasteiger partial charge >= 0.3 is 0 Å². The summed E-state index contributed by atoms with van der Waals surface area (Å²) in [6, 6.07) is 5.10. The minimum Gasteiger partial charge on any atom is -0.352 e. The number of carbonyl (C=O) groups is 1. The quantitative estimate of drug-likeness (QED) is 0.493. The van der Waals surface area contributed by atoms with Crippen molar-refractivity contribution < 1.29 is 4.79 Å². The van der Waals surface area contributed by atoms with Crippen molar-refractivity contribution in [3.8, 4) is 0 Å². The largest absolute Gasteiger partial charge is 0.352 e. The Kier molecular flexibility index (Phi) is 5.81. The Balaban J connectivity index is 2.60. The minimum absolute atomic E-state index is 0.164. The lowest BCUT2D eigenvalue weighted by Gasteiger charge is -2.00. The first-order valence-corrected chi connectivity index (χ1v) is 5.91. The van der Waals surface area contributed by atoms with E-state index in [9.17, 15) is 4.79 Å². The summed E-state index contributed by atoms with van der Waals surface area (Å²) >= 11 is 11.8. The van der Waals surface area contributed by atoms with Crippen LogP contribution < -0.4 is 5.32 Å². The molecule has 17 heavy (non-hydrogen) atoms. The Bertz CT molecular complexity index is 441. The van der Waals surface area contributed by atoms with Crippen molar-refractivity contribution in [3.05, 3.63) is 52.5 Å². The maximum absolute atomic E-state index is 11.4. The summed E-state index contributed by atoms with van der Waals surface area (Å²) in [5, 5.41) is 3.86. The summed E-state index contributed by atoms with van der Waals surface area (Å²) in [6.45, 7) is 4.15. The van der Waals surface area contributed by atoms with E-state index < -0.39 is 0 Å². The van der Waals surface area contributed by atoms with Gasteiger partial charge in [-0.1, -0.05) is 29.3 Å². The van der Waals surface area contributed by atoms with Gasteiger partial charge in [0.25, 0.3) is 0 Å². The summed E-state index contributed by atoms with van der Waals surface area (Å²) in [5.74, 6) is -0.164. The van der Waals surface area contributed by atoms with Crippen LogP contribution in [0.2, 0.25) is 10.0 Å². The van der Waals surface area contributed by atoms with E-state index in [4.69, 9.17) is 23.2 Å². The minimum atomic E-state index is -0.164. The van der Waals surface area contributed by atoms with E-state index in [2.05, 4.69) is 11.9 Å². The summed E-state index contributed by atoms with van der Waals surface area (Å²) in [5.41, 5.74) is 0.720. The Morgan fingerprint density at radius 3 is 2.88 bits per heavy atom. The standard InChI is InChI=1S/C13H13Cl2NO/c1-2-3-8-16-13(17)7-4-10-9-11(14)5-6-12(10)15/h2,4-7,9H,1,3,8H2,(H,16,17)/b7-4+. The van der Waals surface area contributed by atoms with Gasteiger partial charge < -0.3 is 5.32 Å². The van der Waals surface area contributed by atoms with E-state index in [1.807, 2.05) is 0 Å². The van der Waals surface area contributed by atoms with E-state index in [-0.39, 0.29) is 5.91 Å². The normalized spacial score (nSPS) is 10.5. The zero-order valence-electron chi connectivity index (χ0n) is 9.25. The molecule has 0 spiro atoms. The highest BCUT2D eigenvalue weighted by Crippen LogP contribution is 2.21. The van der Waals surface area contributed by atoms with Crippen molar-refractivity contribution in [1.82, 2.24) is 5.32 Å². The van der Waals surface area contributed by atoms with Gasteiger partial charge in [0.15, 0.2) is 0 Å². The molecule has 0 atom stereocenters. The number of hydrogen-bond donors (Lipinski definition) is 1. The average Bonchev–Trinajstić information content (AvgIpc) is 2.31. The van der Waals surface area contributed by atoms with Gasteiger partial charge in [0.05, 0.1) is 0 Å². The van der Waals surface area contributed by atoms with E-state index in [0.29, 0.717) is 16.6 Å². The zero-order valence-corrected chi connectivity index (χ0v) is 10.8. The van der Waals surface area contributed by atoms with Gasteiger partial charge in [0, 0.05) is 22.7 Å². The molecule has 1 aromatic rings. The molecule has 0 unspecified atom stereocenters. The van der Waals surface area contributed by atoms with Crippen molar-refractivity contribution in [2.45, 2.75) is 6.42 Å². The predicted octanol–water partition coefficient (Wildman–Crippen LogP) is 3.70. The van der Waals surface area contributed by atoms with Crippen LogP contribution in [-0.2, 0) is 4.79 Å². The molecule has 0 fully saturated rings. The molecule has 0 heterocycles. The molecule has 0 saturated heterocycles. The summed E-state index contributed by atoms with van der Waals surface area (Å²) < 4.78 is 0. The first-order valence-electron chi connectivity index (χ1n) is 5.15. The number of rotatable bonds is 5. The van der Waals surface area contributed by atoms with Gasteiger partial charge in [-0.25, -0.2) is 0 Å². The third-order valence-electron chi connectivity index (χ3n) is 2.02. The molecule has 0 saturated carbocycles. The van der Waals surface area contributed by atoms with Crippen LogP contribution in [0.5, 0.6) is 0 Å². The van der Waals surface area contributed by atoms with E-state index in [0.717, 1.165) is 12.0 Å². The molecule has 1 rings (SSSR count). The highest BCUT2D eigenvalue weighted by molar-refractivity contribution is 6.34. The molecule has 2 nitrogen and oxygen atoms in total. The summed E-state index contributed by atoms with van der Waals surface area (Å²) in [7, 11) is 0. The molecular weight excluding hydrogens is 257 g/mol. The third-order valence-corrected chi connectivity index (χ3v) is 2.60. The lowest BCUT2D eigenvalue weighted by Crippen LogP contribution is -2.21. The molecule has 0 aliphatic carbocycles. The van der Waals surface area contributed by atoms with E-state index >= 15 is 0 Å². The number of nitrogens with one attached hydrogen (secondary N) is 1. The molecule has 1 aromatic carbocycles. The fraction of sp³-hybridized carbons (Fsp3) is 0.154. The first kappa shape index (κ1) is 13.8. The topological polar surface area (TPSA) is 29.1 Å². The van der Waals surface area contributed by atoms with Gasteiger partial charge in [-0.2, -0.15) is 0 Å². The highest BCUT2D eigenvalue weighted by Gasteiger charge is 1.99. The van der Waals surface area contributed by atoms with Crippen LogP contribution in [0.1, 0.15) is 12.0 Å². The van der Waals surface area contributed by atoms with Crippen LogP contribution in [0.4, 0.5) is 0 Å². The third kappa shape index (κ3) is 5.07. The fourth-order valence-corrected chi connectivity index (χ4v) is 1.53. The Labute approximate surface area is 111 Å². The lowest BCUT2D eigenvalue weighted by molar-refractivity contribution is -0.116. The number of halogens is 2. The molecule has 0 aromatic heterocycles. The smallest absolute Gasteiger partial charge is 0.244 e. The predicted molar refractivity (Wildman–Crippen MR) is 73.3 cm³/mol. The second kappa shape index (κ2) is 7.15. The Morgan fingerprint density at radius 2 is 2.18 bits per heavy atom. The molecule has 0 radical (unpaired) electrons. The zero-order chi connectivity index (χ0) is 12.7. The Hall–Kier alpha value is -1.25. The molecule has 90 valence electrons. The van der Waals surface area contributed by atoms with Crippen LogP contribution >= 0.6 is 23.2 Å². The number of benzene rings is 1. The van der Waals surface area contributed by atoms with Crippen LogP contribution in [0, 0.1) is 0 Å². The molecule has 1 N–H and O–H groups in total. The second-order valence-corrected chi connectivity index (χ2v) is 4.21. The van der Waals surface area contributed by atoms with Crippen LogP contribution in [0.15, 0.2) is 36.9 Å². The van der Waals surface area contributed by atoms with Crippen molar-refractivity contribution >= 4 is 35.2 Å². The molecular formula is C13H13Cl2NO. The van der Waals surface area contributed by atoms with Crippen molar-refractivity contribution in [3.63, 3.8) is 0 Å². The number of hydrogen-bond acceptors (Lipinski definition) is 1. The van der Waals surface area contributed by atoms with E-state index in [1.54, 1.807) is 30.4 Å². The first-order chi connectivity index (χ1) is 8.13. The molecule has 0 bridgehead atoms. The molecule has 4 heteroatoms.